The SMILES string of the molecule is O=C(Nc1ccccc1)c1c(N=Cc2cc(Br)c(OCc3ccc(Br)cc3)c([N+](=O)[O-])c2)sc2c1CCCC2. The highest BCUT2D eigenvalue weighted by Gasteiger charge is 2.26. The van der Waals surface area contributed by atoms with E-state index in [1.807, 2.05) is 54.6 Å². The van der Waals surface area contributed by atoms with Crippen LogP contribution in [-0.2, 0) is 19.4 Å². The standard InChI is InChI=1S/C29H23Br2N3O4S/c30-20-12-10-18(11-13-20)17-38-27-23(31)14-19(15-24(27)34(36)37)16-32-29-26(22-8-4-5-9-25(22)39-29)28(35)33-21-6-2-1-3-7-21/h1-3,6-7,10-16H,4-5,8-9,17H2,(H,33,35). The number of benzene rings is 3. The number of aliphatic imine (C=N–C) groups is 1. The Hall–Kier alpha value is -3.34. The van der Waals surface area contributed by atoms with Gasteiger partial charge < -0.3 is 10.1 Å². The number of fused-ring (bicyclic) bond motifs is 1. The molecular weight excluding hydrogens is 646 g/mol. The van der Waals surface area contributed by atoms with E-state index < -0.39 is 4.92 Å². The highest BCUT2D eigenvalue weighted by Crippen LogP contribution is 2.41. The first kappa shape index (κ1) is 27.2. The molecule has 0 radical (unpaired) electrons. The number of nitro benzene ring substituents is 1. The van der Waals surface area contributed by atoms with Gasteiger partial charge in [-0.1, -0.05) is 46.3 Å². The number of nitrogens with zero attached hydrogens (tertiary/aromatic N) is 2. The van der Waals surface area contributed by atoms with Crippen LogP contribution < -0.4 is 10.1 Å². The molecule has 1 amide bonds. The lowest BCUT2D eigenvalue weighted by Gasteiger charge is -2.12. The summed E-state index contributed by atoms with van der Waals surface area (Å²) in [5.74, 6) is -0.0498. The van der Waals surface area contributed by atoms with Crippen molar-refractivity contribution in [2.24, 2.45) is 4.99 Å². The fourth-order valence-corrected chi connectivity index (χ4v) is 6.49. The highest BCUT2D eigenvalue weighted by atomic mass is 79.9. The van der Waals surface area contributed by atoms with Crippen LogP contribution in [0.25, 0.3) is 0 Å². The molecule has 0 unspecified atom stereocenters. The molecule has 1 N–H and O–H groups in total. The van der Waals surface area contributed by atoms with Crippen molar-refractivity contribution < 1.29 is 14.5 Å². The number of anilines is 1. The molecule has 10 heteroatoms. The van der Waals surface area contributed by atoms with Gasteiger partial charge >= 0.3 is 5.69 Å². The summed E-state index contributed by atoms with van der Waals surface area (Å²) in [6.45, 7) is 0.181. The van der Waals surface area contributed by atoms with Gasteiger partial charge in [0.15, 0.2) is 0 Å². The van der Waals surface area contributed by atoms with Crippen LogP contribution in [0.4, 0.5) is 16.4 Å². The molecule has 0 aliphatic heterocycles. The van der Waals surface area contributed by atoms with Crippen molar-refractivity contribution in [3.63, 3.8) is 0 Å². The molecule has 39 heavy (non-hydrogen) atoms. The molecule has 4 aromatic rings. The number of hydrogen-bond donors (Lipinski definition) is 1. The molecule has 5 rings (SSSR count). The maximum Gasteiger partial charge on any atom is 0.312 e. The zero-order chi connectivity index (χ0) is 27.4. The van der Waals surface area contributed by atoms with Crippen molar-refractivity contribution in [1.29, 1.82) is 0 Å². The average Bonchev–Trinajstić information content (AvgIpc) is 3.31. The smallest absolute Gasteiger partial charge is 0.312 e. The summed E-state index contributed by atoms with van der Waals surface area (Å²) < 4.78 is 7.22. The molecule has 0 saturated carbocycles. The number of para-hydroxylation sites is 1. The quantitative estimate of drug-likeness (QED) is 0.116. The van der Waals surface area contributed by atoms with Crippen molar-refractivity contribution in [3.8, 4) is 5.75 Å². The number of carbonyl (C=O) groups excluding carboxylic acids is 1. The molecule has 1 aliphatic carbocycles. The van der Waals surface area contributed by atoms with Gasteiger partial charge in [0.25, 0.3) is 5.91 Å². The molecular formula is C29H23Br2N3O4S. The average molecular weight is 669 g/mol. The van der Waals surface area contributed by atoms with Gasteiger partial charge in [-0.25, -0.2) is 4.99 Å². The van der Waals surface area contributed by atoms with E-state index >= 15 is 0 Å². The molecule has 0 bridgehead atoms. The summed E-state index contributed by atoms with van der Waals surface area (Å²) in [5.41, 5.74) is 3.58. The Balaban J connectivity index is 1.43. The fourth-order valence-electron chi connectivity index (χ4n) is 4.41. The van der Waals surface area contributed by atoms with Gasteiger partial charge in [0.2, 0.25) is 5.75 Å². The van der Waals surface area contributed by atoms with Crippen molar-refractivity contribution >= 4 is 71.7 Å². The summed E-state index contributed by atoms with van der Waals surface area (Å²) in [6, 6.07) is 20.0. The monoisotopic (exact) mass is 667 g/mol. The van der Waals surface area contributed by atoms with Gasteiger partial charge in [-0.2, -0.15) is 0 Å². The number of halogens is 2. The predicted octanol–water partition coefficient (Wildman–Crippen LogP) is 8.64. The predicted molar refractivity (Wildman–Crippen MR) is 162 cm³/mol. The lowest BCUT2D eigenvalue weighted by Crippen LogP contribution is -2.14. The molecule has 7 nitrogen and oxygen atoms in total. The minimum absolute atomic E-state index is 0.148. The lowest BCUT2D eigenvalue weighted by molar-refractivity contribution is -0.386. The molecule has 0 saturated heterocycles. The van der Waals surface area contributed by atoms with Crippen molar-refractivity contribution in [3.05, 3.63) is 113 Å². The number of nitro groups is 1. The molecule has 3 aromatic carbocycles. The molecule has 1 aromatic heterocycles. The van der Waals surface area contributed by atoms with Crippen molar-refractivity contribution in [2.45, 2.75) is 32.3 Å². The number of aryl methyl sites for hydroxylation is 1. The molecule has 198 valence electrons. The normalized spacial score (nSPS) is 12.8. The Morgan fingerprint density at radius 3 is 2.56 bits per heavy atom. The van der Waals surface area contributed by atoms with Crippen molar-refractivity contribution in [2.75, 3.05) is 5.32 Å². The van der Waals surface area contributed by atoms with Gasteiger partial charge in [-0.15, -0.1) is 11.3 Å². The maximum absolute atomic E-state index is 13.3. The maximum atomic E-state index is 13.3. The Bertz CT molecular complexity index is 1550. The van der Waals surface area contributed by atoms with Crippen LogP contribution in [0.1, 0.15) is 44.8 Å². The second kappa shape index (κ2) is 12.2. The lowest BCUT2D eigenvalue weighted by atomic mass is 9.95. The van der Waals surface area contributed by atoms with Crippen LogP contribution in [0.3, 0.4) is 0 Å². The first-order valence-electron chi connectivity index (χ1n) is 12.3. The van der Waals surface area contributed by atoms with E-state index in [4.69, 9.17) is 4.74 Å². The summed E-state index contributed by atoms with van der Waals surface area (Å²) >= 11 is 8.35. The number of ether oxygens (including phenoxy) is 1. The van der Waals surface area contributed by atoms with E-state index in [1.165, 1.54) is 22.3 Å². The molecule has 0 fully saturated rings. The Kier molecular flexibility index (Phi) is 8.54. The van der Waals surface area contributed by atoms with Crippen LogP contribution in [0, 0.1) is 10.1 Å². The summed E-state index contributed by atoms with van der Waals surface area (Å²) in [7, 11) is 0. The number of carbonyl (C=O) groups is 1. The number of hydrogen-bond acceptors (Lipinski definition) is 6. The summed E-state index contributed by atoms with van der Waals surface area (Å²) in [6.07, 6.45) is 5.42. The first-order valence-corrected chi connectivity index (χ1v) is 14.7. The van der Waals surface area contributed by atoms with Crippen LogP contribution in [0.5, 0.6) is 5.75 Å². The van der Waals surface area contributed by atoms with Gasteiger partial charge in [-0.3, -0.25) is 14.9 Å². The zero-order valence-electron chi connectivity index (χ0n) is 20.7. The Labute approximate surface area is 246 Å². The van der Waals surface area contributed by atoms with Gasteiger partial charge in [0.05, 0.1) is 15.0 Å². The van der Waals surface area contributed by atoms with E-state index in [0.29, 0.717) is 26.3 Å². The zero-order valence-corrected chi connectivity index (χ0v) is 24.6. The van der Waals surface area contributed by atoms with Gasteiger partial charge in [-0.05, 0) is 83.1 Å². The van der Waals surface area contributed by atoms with Gasteiger partial charge in [0, 0.05) is 32.9 Å². The number of thiophene rings is 1. The van der Waals surface area contributed by atoms with Crippen LogP contribution >= 0.6 is 43.2 Å². The first-order chi connectivity index (χ1) is 18.9. The van der Waals surface area contributed by atoms with E-state index in [-0.39, 0.29) is 24.0 Å². The highest BCUT2D eigenvalue weighted by molar-refractivity contribution is 9.10. The number of rotatable bonds is 8. The Morgan fingerprint density at radius 1 is 1.08 bits per heavy atom. The van der Waals surface area contributed by atoms with Crippen LogP contribution in [0.2, 0.25) is 0 Å². The van der Waals surface area contributed by atoms with Gasteiger partial charge in [0.1, 0.15) is 11.6 Å². The second-order valence-corrected chi connectivity index (χ2v) is 11.8. The topological polar surface area (TPSA) is 93.8 Å². The third kappa shape index (κ3) is 6.46. The molecule has 1 heterocycles. The second-order valence-electron chi connectivity index (χ2n) is 8.99. The van der Waals surface area contributed by atoms with Crippen LogP contribution in [0.15, 0.2) is 80.7 Å². The van der Waals surface area contributed by atoms with E-state index in [2.05, 4.69) is 42.2 Å². The van der Waals surface area contributed by atoms with Crippen molar-refractivity contribution in [1.82, 2.24) is 0 Å². The Morgan fingerprint density at radius 2 is 1.82 bits per heavy atom. The number of amides is 1. The summed E-state index contributed by atoms with van der Waals surface area (Å²) in [4.78, 5) is 30.6. The van der Waals surface area contributed by atoms with E-state index in [1.54, 1.807) is 12.3 Å². The van der Waals surface area contributed by atoms with E-state index in [0.717, 1.165) is 41.3 Å². The minimum atomic E-state index is -0.471. The van der Waals surface area contributed by atoms with Crippen LogP contribution in [-0.4, -0.2) is 17.0 Å². The largest absolute Gasteiger partial charge is 0.481 e. The summed E-state index contributed by atoms with van der Waals surface area (Å²) in [5, 5.41) is 15.5. The third-order valence-electron chi connectivity index (χ3n) is 6.28. The fraction of sp³-hybridized carbons (Fsp3) is 0.172. The molecule has 0 atom stereocenters. The van der Waals surface area contributed by atoms with E-state index in [9.17, 15) is 14.9 Å². The number of nitrogens with one attached hydrogen (secondary N) is 1. The minimum Gasteiger partial charge on any atom is -0.481 e. The third-order valence-corrected chi connectivity index (χ3v) is 8.60. The molecule has 0 spiro atoms. The molecule has 1 aliphatic rings.